The second-order valence-corrected chi connectivity index (χ2v) is 3.14. The molecule has 0 amide bonds. The molecule has 2 nitrogen and oxygen atoms in total. The highest BCUT2D eigenvalue weighted by atomic mass is 15.1. The summed E-state index contributed by atoms with van der Waals surface area (Å²) in [6.07, 6.45) is 1.96. The van der Waals surface area contributed by atoms with Crippen molar-refractivity contribution in [1.82, 2.24) is 4.98 Å². The van der Waals surface area contributed by atoms with Gasteiger partial charge in [0.25, 0.3) is 0 Å². The van der Waals surface area contributed by atoms with Crippen LogP contribution in [0.15, 0.2) is 30.5 Å². The SMILES string of the molecule is CN(C)c1ccc2[nH]ccc2c1. The number of benzene rings is 1. The lowest BCUT2D eigenvalue weighted by atomic mass is 10.2. The van der Waals surface area contributed by atoms with E-state index in [1.165, 1.54) is 16.6 Å². The zero-order chi connectivity index (χ0) is 8.55. The Balaban J connectivity index is 2.60. The second-order valence-electron chi connectivity index (χ2n) is 3.14. The van der Waals surface area contributed by atoms with Gasteiger partial charge >= 0.3 is 0 Å². The summed E-state index contributed by atoms with van der Waals surface area (Å²) in [5, 5.41) is 1.27. The first-order chi connectivity index (χ1) is 5.77. The van der Waals surface area contributed by atoms with Crippen LogP contribution in [0.5, 0.6) is 0 Å². The summed E-state index contributed by atoms with van der Waals surface area (Å²) in [6, 6.07) is 8.47. The van der Waals surface area contributed by atoms with Crippen molar-refractivity contribution in [2.45, 2.75) is 0 Å². The van der Waals surface area contributed by atoms with E-state index in [2.05, 4.69) is 34.1 Å². The standard InChI is InChI=1S/C10H12N2/c1-12(2)9-3-4-10-8(7-9)5-6-11-10/h3-7,11H,1-2H3. The van der Waals surface area contributed by atoms with E-state index in [1.54, 1.807) is 0 Å². The highest BCUT2D eigenvalue weighted by Crippen LogP contribution is 2.19. The largest absolute Gasteiger partial charge is 0.378 e. The summed E-state index contributed by atoms with van der Waals surface area (Å²) in [5.41, 5.74) is 2.43. The van der Waals surface area contributed by atoms with Crippen molar-refractivity contribution in [3.8, 4) is 0 Å². The molecule has 1 heterocycles. The fraction of sp³-hybridized carbons (Fsp3) is 0.200. The molecule has 2 aromatic rings. The van der Waals surface area contributed by atoms with E-state index >= 15 is 0 Å². The van der Waals surface area contributed by atoms with Crippen molar-refractivity contribution in [1.29, 1.82) is 0 Å². The number of hydrogen-bond donors (Lipinski definition) is 1. The molecule has 0 radical (unpaired) electrons. The van der Waals surface area contributed by atoms with Crippen LogP contribution in [0.1, 0.15) is 0 Å². The Morgan fingerprint density at radius 2 is 2.00 bits per heavy atom. The molecular formula is C10H12N2. The smallest absolute Gasteiger partial charge is 0.0455 e. The van der Waals surface area contributed by atoms with Gasteiger partial charge in [0.05, 0.1) is 0 Å². The molecule has 2 rings (SSSR count). The van der Waals surface area contributed by atoms with Crippen molar-refractivity contribution in [3.63, 3.8) is 0 Å². The fourth-order valence-electron chi connectivity index (χ4n) is 1.32. The maximum absolute atomic E-state index is 3.17. The predicted octanol–water partition coefficient (Wildman–Crippen LogP) is 2.23. The zero-order valence-electron chi connectivity index (χ0n) is 7.33. The summed E-state index contributed by atoms with van der Waals surface area (Å²) < 4.78 is 0. The van der Waals surface area contributed by atoms with Gasteiger partial charge < -0.3 is 9.88 Å². The van der Waals surface area contributed by atoms with Crippen LogP contribution >= 0.6 is 0 Å². The molecule has 0 atom stereocenters. The Morgan fingerprint density at radius 1 is 1.17 bits per heavy atom. The number of nitrogens with zero attached hydrogens (tertiary/aromatic N) is 1. The van der Waals surface area contributed by atoms with Crippen molar-refractivity contribution in [3.05, 3.63) is 30.5 Å². The molecule has 0 fully saturated rings. The molecule has 0 saturated heterocycles. The quantitative estimate of drug-likeness (QED) is 0.677. The highest BCUT2D eigenvalue weighted by molar-refractivity contribution is 5.83. The number of aromatic nitrogens is 1. The van der Waals surface area contributed by atoms with Gasteiger partial charge in [0, 0.05) is 36.9 Å². The van der Waals surface area contributed by atoms with Gasteiger partial charge in [-0.15, -0.1) is 0 Å². The molecule has 0 unspecified atom stereocenters. The number of aromatic amines is 1. The van der Waals surface area contributed by atoms with E-state index in [-0.39, 0.29) is 0 Å². The van der Waals surface area contributed by atoms with Crippen LogP contribution in [-0.2, 0) is 0 Å². The minimum Gasteiger partial charge on any atom is -0.378 e. The Kier molecular flexibility index (Phi) is 1.54. The number of hydrogen-bond acceptors (Lipinski definition) is 1. The van der Waals surface area contributed by atoms with Crippen molar-refractivity contribution in [2.75, 3.05) is 19.0 Å². The topological polar surface area (TPSA) is 19.0 Å². The summed E-state index contributed by atoms with van der Waals surface area (Å²) in [5.74, 6) is 0. The van der Waals surface area contributed by atoms with E-state index in [4.69, 9.17) is 0 Å². The summed E-state index contributed by atoms with van der Waals surface area (Å²) in [6.45, 7) is 0. The van der Waals surface area contributed by atoms with E-state index in [0.29, 0.717) is 0 Å². The molecule has 1 aromatic heterocycles. The van der Waals surface area contributed by atoms with Crippen molar-refractivity contribution >= 4 is 16.6 Å². The third-order valence-electron chi connectivity index (χ3n) is 2.05. The normalized spacial score (nSPS) is 10.5. The first-order valence-electron chi connectivity index (χ1n) is 4.02. The van der Waals surface area contributed by atoms with Crippen LogP contribution < -0.4 is 4.90 Å². The van der Waals surface area contributed by atoms with Gasteiger partial charge in [-0.1, -0.05) is 0 Å². The van der Waals surface area contributed by atoms with Gasteiger partial charge in [-0.3, -0.25) is 0 Å². The van der Waals surface area contributed by atoms with Crippen molar-refractivity contribution in [2.24, 2.45) is 0 Å². The molecule has 0 aliphatic rings. The van der Waals surface area contributed by atoms with Crippen molar-refractivity contribution < 1.29 is 0 Å². The molecule has 2 heteroatoms. The highest BCUT2D eigenvalue weighted by Gasteiger charge is 1.97. The van der Waals surface area contributed by atoms with Gasteiger partial charge in [0.2, 0.25) is 0 Å². The lowest BCUT2D eigenvalue weighted by Crippen LogP contribution is -2.07. The molecule has 12 heavy (non-hydrogen) atoms. The summed E-state index contributed by atoms with van der Waals surface area (Å²) in [7, 11) is 4.10. The molecule has 0 aliphatic carbocycles. The number of fused-ring (bicyclic) bond motifs is 1. The van der Waals surface area contributed by atoms with Crippen LogP contribution in [0.3, 0.4) is 0 Å². The molecule has 0 bridgehead atoms. The maximum Gasteiger partial charge on any atom is 0.0455 e. The third-order valence-corrected chi connectivity index (χ3v) is 2.05. The fourth-order valence-corrected chi connectivity index (χ4v) is 1.32. The lowest BCUT2D eigenvalue weighted by Gasteiger charge is -2.11. The molecule has 1 N–H and O–H groups in total. The van der Waals surface area contributed by atoms with Crippen LogP contribution in [0.2, 0.25) is 0 Å². The average Bonchev–Trinajstić information content (AvgIpc) is 2.49. The maximum atomic E-state index is 3.17. The molecular weight excluding hydrogens is 148 g/mol. The molecule has 0 spiro atoms. The minimum absolute atomic E-state index is 1.20. The monoisotopic (exact) mass is 160 g/mol. The van der Waals surface area contributed by atoms with E-state index < -0.39 is 0 Å². The molecule has 0 aliphatic heterocycles. The van der Waals surface area contributed by atoms with E-state index in [1.807, 2.05) is 20.3 Å². The van der Waals surface area contributed by atoms with Gasteiger partial charge in [-0.05, 0) is 24.3 Å². The average molecular weight is 160 g/mol. The van der Waals surface area contributed by atoms with Gasteiger partial charge in [0.1, 0.15) is 0 Å². The Hall–Kier alpha value is -1.44. The second kappa shape index (κ2) is 2.55. The third kappa shape index (κ3) is 1.05. The predicted molar refractivity (Wildman–Crippen MR) is 52.6 cm³/mol. The summed E-state index contributed by atoms with van der Waals surface area (Å²) in [4.78, 5) is 5.27. The Bertz CT molecular complexity index is 387. The molecule has 0 saturated carbocycles. The summed E-state index contributed by atoms with van der Waals surface area (Å²) >= 11 is 0. The van der Waals surface area contributed by atoms with Crippen LogP contribution in [0, 0.1) is 0 Å². The first kappa shape index (κ1) is 7.22. The van der Waals surface area contributed by atoms with E-state index in [9.17, 15) is 0 Å². The lowest BCUT2D eigenvalue weighted by molar-refractivity contribution is 1.13. The number of nitrogens with one attached hydrogen (secondary N) is 1. The van der Waals surface area contributed by atoms with Gasteiger partial charge in [0.15, 0.2) is 0 Å². The minimum atomic E-state index is 1.20. The number of rotatable bonds is 1. The Labute approximate surface area is 71.8 Å². The Morgan fingerprint density at radius 3 is 2.75 bits per heavy atom. The van der Waals surface area contributed by atoms with Gasteiger partial charge in [-0.25, -0.2) is 0 Å². The first-order valence-corrected chi connectivity index (χ1v) is 4.02. The molecule has 62 valence electrons. The van der Waals surface area contributed by atoms with Crippen LogP contribution in [0.4, 0.5) is 5.69 Å². The molecule has 1 aromatic carbocycles. The van der Waals surface area contributed by atoms with E-state index in [0.717, 1.165) is 0 Å². The number of H-pyrrole nitrogens is 1. The number of anilines is 1. The van der Waals surface area contributed by atoms with Crippen LogP contribution in [-0.4, -0.2) is 19.1 Å². The van der Waals surface area contributed by atoms with Gasteiger partial charge in [-0.2, -0.15) is 0 Å². The zero-order valence-corrected chi connectivity index (χ0v) is 7.33. The van der Waals surface area contributed by atoms with Crippen LogP contribution in [0.25, 0.3) is 10.9 Å².